The van der Waals surface area contributed by atoms with E-state index in [0.29, 0.717) is 5.75 Å². The van der Waals surface area contributed by atoms with Crippen LogP contribution >= 0.6 is 0 Å². The minimum absolute atomic E-state index is 0.114. The summed E-state index contributed by atoms with van der Waals surface area (Å²) in [6, 6.07) is 11.4. The van der Waals surface area contributed by atoms with Crippen LogP contribution in [0.15, 0.2) is 42.5 Å². The van der Waals surface area contributed by atoms with Crippen molar-refractivity contribution in [2.75, 3.05) is 7.11 Å². The molecular formula is C20H24FNO3. The molecule has 0 spiro atoms. The van der Waals surface area contributed by atoms with Crippen LogP contribution in [0.5, 0.6) is 11.5 Å². The standard InChI is InChI=1S/C20H24FNO3/c1-5-18(15-6-11-19(24-4)13(2)12-15)22-20(23)14(3)25-17-9-7-16(21)8-10-17/h6-12,14,18H,5H2,1-4H3,(H,22,23)/t14-,18+/m0/s1. The lowest BCUT2D eigenvalue weighted by Crippen LogP contribution is -2.38. The van der Waals surface area contributed by atoms with Crippen LogP contribution in [-0.2, 0) is 4.79 Å². The van der Waals surface area contributed by atoms with Crippen molar-refractivity contribution in [2.24, 2.45) is 0 Å². The predicted octanol–water partition coefficient (Wildman–Crippen LogP) is 4.18. The van der Waals surface area contributed by atoms with Gasteiger partial charge in [-0.15, -0.1) is 0 Å². The van der Waals surface area contributed by atoms with Crippen molar-refractivity contribution in [3.8, 4) is 11.5 Å². The summed E-state index contributed by atoms with van der Waals surface area (Å²) >= 11 is 0. The first kappa shape index (κ1) is 18.8. The molecule has 0 aliphatic carbocycles. The zero-order valence-corrected chi connectivity index (χ0v) is 15.0. The summed E-state index contributed by atoms with van der Waals surface area (Å²) in [7, 11) is 1.63. The molecule has 2 rings (SSSR count). The molecule has 2 aromatic rings. The summed E-state index contributed by atoms with van der Waals surface area (Å²) in [6.45, 7) is 5.65. The molecule has 4 nitrogen and oxygen atoms in total. The lowest BCUT2D eigenvalue weighted by molar-refractivity contribution is -0.128. The maximum Gasteiger partial charge on any atom is 0.261 e. The first-order valence-corrected chi connectivity index (χ1v) is 8.31. The minimum Gasteiger partial charge on any atom is -0.496 e. The largest absolute Gasteiger partial charge is 0.496 e. The maximum atomic E-state index is 12.9. The summed E-state index contributed by atoms with van der Waals surface area (Å²) < 4.78 is 23.8. The number of methoxy groups -OCH3 is 1. The molecule has 5 heteroatoms. The fourth-order valence-electron chi connectivity index (χ4n) is 2.60. The number of ether oxygens (including phenoxy) is 2. The van der Waals surface area contributed by atoms with Gasteiger partial charge in [0.2, 0.25) is 0 Å². The van der Waals surface area contributed by atoms with Gasteiger partial charge in [0.1, 0.15) is 17.3 Å². The molecule has 1 N–H and O–H groups in total. The van der Waals surface area contributed by atoms with E-state index in [0.717, 1.165) is 23.3 Å². The monoisotopic (exact) mass is 345 g/mol. The van der Waals surface area contributed by atoms with Gasteiger partial charge >= 0.3 is 0 Å². The van der Waals surface area contributed by atoms with E-state index in [1.54, 1.807) is 14.0 Å². The lowest BCUT2D eigenvalue weighted by Gasteiger charge is -2.21. The number of hydrogen-bond acceptors (Lipinski definition) is 3. The second-order valence-electron chi connectivity index (χ2n) is 5.91. The van der Waals surface area contributed by atoms with E-state index in [1.807, 2.05) is 32.0 Å². The molecule has 0 radical (unpaired) electrons. The third-order valence-electron chi connectivity index (χ3n) is 4.04. The van der Waals surface area contributed by atoms with E-state index >= 15 is 0 Å². The lowest BCUT2D eigenvalue weighted by atomic mass is 10.0. The second-order valence-corrected chi connectivity index (χ2v) is 5.91. The fourth-order valence-corrected chi connectivity index (χ4v) is 2.60. The highest BCUT2D eigenvalue weighted by Gasteiger charge is 2.20. The van der Waals surface area contributed by atoms with Gasteiger partial charge in [0, 0.05) is 0 Å². The molecule has 0 heterocycles. The van der Waals surface area contributed by atoms with Crippen molar-refractivity contribution in [3.05, 3.63) is 59.4 Å². The smallest absolute Gasteiger partial charge is 0.261 e. The summed E-state index contributed by atoms with van der Waals surface area (Å²) in [5, 5.41) is 3.00. The summed E-state index contributed by atoms with van der Waals surface area (Å²) in [6.07, 6.45) is 0.0692. The van der Waals surface area contributed by atoms with Gasteiger partial charge in [-0.1, -0.05) is 19.1 Å². The van der Waals surface area contributed by atoms with Crippen LogP contribution in [0.1, 0.15) is 37.4 Å². The second kappa shape index (κ2) is 8.51. The molecule has 2 atom stereocenters. The van der Waals surface area contributed by atoms with E-state index in [4.69, 9.17) is 9.47 Å². The van der Waals surface area contributed by atoms with Crippen LogP contribution in [0.4, 0.5) is 4.39 Å². The van der Waals surface area contributed by atoms with Crippen LogP contribution in [0.2, 0.25) is 0 Å². The van der Waals surface area contributed by atoms with Crippen molar-refractivity contribution >= 4 is 5.91 Å². The highest BCUT2D eigenvalue weighted by atomic mass is 19.1. The zero-order valence-electron chi connectivity index (χ0n) is 15.0. The number of amides is 1. The molecule has 0 bridgehead atoms. The molecule has 0 aliphatic rings. The first-order chi connectivity index (χ1) is 11.9. The Hall–Kier alpha value is -2.56. The molecule has 1 amide bonds. The van der Waals surface area contributed by atoms with Gasteiger partial charge in [-0.05, 0) is 61.7 Å². The van der Waals surface area contributed by atoms with Crippen molar-refractivity contribution in [2.45, 2.75) is 39.3 Å². The average molecular weight is 345 g/mol. The van der Waals surface area contributed by atoms with Crippen molar-refractivity contribution in [1.29, 1.82) is 0 Å². The first-order valence-electron chi connectivity index (χ1n) is 8.31. The summed E-state index contributed by atoms with van der Waals surface area (Å²) in [4.78, 5) is 12.4. The Labute approximate surface area is 148 Å². The molecule has 0 aromatic heterocycles. The number of halogens is 1. The van der Waals surface area contributed by atoms with E-state index < -0.39 is 6.10 Å². The van der Waals surface area contributed by atoms with Gasteiger partial charge in [0.15, 0.2) is 6.10 Å². The Morgan fingerprint density at radius 3 is 2.44 bits per heavy atom. The molecule has 0 fully saturated rings. The van der Waals surface area contributed by atoms with Gasteiger partial charge in [-0.25, -0.2) is 4.39 Å². The molecule has 0 aliphatic heterocycles. The Morgan fingerprint density at radius 2 is 1.88 bits per heavy atom. The minimum atomic E-state index is -0.682. The van der Waals surface area contributed by atoms with Gasteiger partial charge in [-0.3, -0.25) is 4.79 Å². The van der Waals surface area contributed by atoms with Crippen LogP contribution in [0.25, 0.3) is 0 Å². The average Bonchev–Trinajstić information content (AvgIpc) is 2.61. The van der Waals surface area contributed by atoms with E-state index in [-0.39, 0.29) is 17.8 Å². The van der Waals surface area contributed by atoms with Gasteiger partial charge in [0.05, 0.1) is 13.2 Å². The molecule has 25 heavy (non-hydrogen) atoms. The van der Waals surface area contributed by atoms with Gasteiger partial charge in [-0.2, -0.15) is 0 Å². The molecule has 0 saturated carbocycles. The Balaban J connectivity index is 2.03. The molecular weight excluding hydrogens is 321 g/mol. The molecule has 2 aromatic carbocycles. The Bertz CT molecular complexity index is 715. The maximum absolute atomic E-state index is 12.9. The SMILES string of the molecule is CC[C@@H](NC(=O)[C@H](C)Oc1ccc(F)cc1)c1ccc(OC)c(C)c1. The normalized spacial score (nSPS) is 13.0. The summed E-state index contributed by atoms with van der Waals surface area (Å²) in [5.41, 5.74) is 2.03. The zero-order chi connectivity index (χ0) is 18.4. The Morgan fingerprint density at radius 1 is 1.20 bits per heavy atom. The number of nitrogens with one attached hydrogen (secondary N) is 1. The third kappa shape index (κ3) is 4.95. The summed E-state index contributed by atoms with van der Waals surface area (Å²) in [5.74, 6) is 0.713. The topological polar surface area (TPSA) is 47.6 Å². The van der Waals surface area contributed by atoms with Crippen LogP contribution in [0.3, 0.4) is 0 Å². The number of carbonyl (C=O) groups is 1. The predicted molar refractivity (Wildman–Crippen MR) is 95.4 cm³/mol. The van der Waals surface area contributed by atoms with Crippen LogP contribution < -0.4 is 14.8 Å². The number of aryl methyl sites for hydroxylation is 1. The van der Waals surface area contributed by atoms with Crippen molar-refractivity contribution in [1.82, 2.24) is 5.32 Å². The number of hydrogen-bond donors (Lipinski definition) is 1. The highest BCUT2D eigenvalue weighted by Crippen LogP contribution is 2.24. The molecule has 134 valence electrons. The van der Waals surface area contributed by atoms with Gasteiger partial charge in [0.25, 0.3) is 5.91 Å². The Kier molecular flexibility index (Phi) is 6.39. The third-order valence-corrected chi connectivity index (χ3v) is 4.04. The van der Waals surface area contributed by atoms with E-state index in [9.17, 15) is 9.18 Å². The quantitative estimate of drug-likeness (QED) is 0.819. The fraction of sp³-hybridized carbons (Fsp3) is 0.350. The number of carbonyl (C=O) groups excluding carboxylic acids is 1. The van der Waals surface area contributed by atoms with E-state index in [2.05, 4.69) is 5.32 Å². The van der Waals surface area contributed by atoms with Crippen LogP contribution in [0, 0.1) is 12.7 Å². The molecule has 0 unspecified atom stereocenters. The van der Waals surface area contributed by atoms with Crippen LogP contribution in [-0.4, -0.2) is 19.1 Å². The van der Waals surface area contributed by atoms with E-state index in [1.165, 1.54) is 24.3 Å². The number of benzene rings is 2. The van der Waals surface area contributed by atoms with Gasteiger partial charge < -0.3 is 14.8 Å². The van der Waals surface area contributed by atoms with Crippen molar-refractivity contribution < 1.29 is 18.7 Å². The highest BCUT2D eigenvalue weighted by molar-refractivity contribution is 5.81. The number of rotatable bonds is 7. The molecule has 0 saturated heterocycles. The van der Waals surface area contributed by atoms with Crippen molar-refractivity contribution in [3.63, 3.8) is 0 Å².